The highest BCUT2D eigenvalue weighted by Gasteiger charge is 2.50. The fourth-order valence-electron chi connectivity index (χ4n) is 3.07. The number of rotatable bonds is 2. The summed E-state index contributed by atoms with van der Waals surface area (Å²) in [6.07, 6.45) is 0. The van der Waals surface area contributed by atoms with Crippen LogP contribution in [0.15, 0.2) is 54.1 Å². The molecule has 0 spiro atoms. The first-order chi connectivity index (χ1) is 11.1. The Morgan fingerprint density at radius 1 is 1.26 bits per heavy atom. The van der Waals surface area contributed by atoms with E-state index < -0.39 is 11.4 Å². The Morgan fingerprint density at radius 2 is 1.96 bits per heavy atom. The number of hydrogen-bond acceptors (Lipinski definition) is 4. The second kappa shape index (κ2) is 5.45. The SMILES string of the molecule is COC(=O)C1=C(N)c2cc(Cl)ccc2C1(C#N)c1ccccc1. The number of hydrogen-bond donors (Lipinski definition) is 1. The maximum Gasteiger partial charge on any atom is 0.338 e. The lowest BCUT2D eigenvalue weighted by atomic mass is 9.73. The summed E-state index contributed by atoms with van der Waals surface area (Å²) in [6, 6.07) is 16.4. The molecule has 23 heavy (non-hydrogen) atoms. The second-order valence-electron chi connectivity index (χ2n) is 5.20. The molecule has 2 aromatic carbocycles. The number of nitrogens with zero attached hydrogens (tertiary/aromatic N) is 1. The van der Waals surface area contributed by atoms with Gasteiger partial charge in [-0.2, -0.15) is 5.26 Å². The zero-order valence-corrected chi connectivity index (χ0v) is 13.1. The van der Waals surface area contributed by atoms with Gasteiger partial charge < -0.3 is 10.5 Å². The molecule has 0 saturated heterocycles. The van der Waals surface area contributed by atoms with E-state index in [1.165, 1.54) is 7.11 Å². The summed E-state index contributed by atoms with van der Waals surface area (Å²) in [6.45, 7) is 0. The molecular formula is C18H13ClN2O2. The Morgan fingerprint density at radius 3 is 2.57 bits per heavy atom. The number of nitrogens with two attached hydrogens (primary N) is 1. The van der Waals surface area contributed by atoms with Crippen LogP contribution in [0.4, 0.5) is 0 Å². The third-order valence-electron chi connectivity index (χ3n) is 4.08. The van der Waals surface area contributed by atoms with Crippen molar-refractivity contribution in [3.63, 3.8) is 0 Å². The summed E-state index contributed by atoms with van der Waals surface area (Å²) >= 11 is 6.05. The number of methoxy groups -OCH3 is 1. The molecule has 114 valence electrons. The predicted molar refractivity (Wildman–Crippen MR) is 87.4 cm³/mol. The summed E-state index contributed by atoms with van der Waals surface area (Å²) in [5, 5.41) is 10.5. The molecule has 1 aliphatic rings. The van der Waals surface area contributed by atoms with Gasteiger partial charge in [0.05, 0.1) is 24.4 Å². The minimum atomic E-state index is -1.31. The number of ether oxygens (including phenoxy) is 1. The molecule has 4 nitrogen and oxygen atoms in total. The number of fused-ring (bicyclic) bond motifs is 1. The number of carbonyl (C=O) groups is 1. The van der Waals surface area contributed by atoms with Crippen LogP contribution in [0.5, 0.6) is 0 Å². The van der Waals surface area contributed by atoms with Crippen molar-refractivity contribution < 1.29 is 9.53 Å². The third-order valence-corrected chi connectivity index (χ3v) is 4.32. The molecule has 0 bridgehead atoms. The Balaban J connectivity index is 2.42. The zero-order valence-electron chi connectivity index (χ0n) is 12.3. The van der Waals surface area contributed by atoms with Crippen molar-refractivity contribution in [2.75, 3.05) is 7.11 Å². The van der Waals surface area contributed by atoms with E-state index in [1.807, 2.05) is 18.2 Å². The topological polar surface area (TPSA) is 76.1 Å². The van der Waals surface area contributed by atoms with Crippen LogP contribution in [-0.4, -0.2) is 13.1 Å². The molecule has 1 unspecified atom stereocenters. The van der Waals surface area contributed by atoms with Crippen molar-refractivity contribution in [3.8, 4) is 6.07 Å². The van der Waals surface area contributed by atoms with Gasteiger partial charge in [-0.25, -0.2) is 4.79 Å². The van der Waals surface area contributed by atoms with Gasteiger partial charge in [-0.05, 0) is 23.3 Å². The monoisotopic (exact) mass is 324 g/mol. The first-order valence-electron chi connectivity index (χ1n) is 6.92. The first-order valence-corrected chi connectivity index (χ1v) is 7.29. The first kappa shape index (κ1) is 15.1. The molecular weight excluding hydrogens is 312 g/mol. The molecule has 0 heterocycles. The molecule has 1 atom stereocenters. The van der Waals surface area contributed by atoms with Crippen LogP contribution in [-0.2, 0) is 14.9 Å². The van der Waals surface area contributed by atoms with E-state index in [-0.39, 0.29) is 11.3 Å². The highest BCUT2D eigenvalue weighted by Crippen LogP contribution is 2.49. The standard InChI is InChI=1S/C18H13ClN2O2/c1-23-17(22)15-16(21)13-9-12(19)7-8-14(13)18(15,10-20)11-5-3-2-4-6-11/h2-9H,21H2,1H3. The van der Waals surface area contributed by atoms with E-state index in [1.54, 1.807) is 30.3 Å². The van der Waals surface area contributed by atoms with Crippen molar-refractivity contribution in [1.29, 1.82) is 5.26 Å². The number of carbonyl (C=O) groups excluding carboxylic acids is 1. The van der Waals surface area contributed by atoms with Gasteiger partial charge >= 0.3 is 5.97 Å². The van der Waals surface area contributed by atoms with E-state index in [2.05, 4.69) is 6.07 Å². The molecule has 0 fully saturated rings. The van der Waals surface area contributed by atoms with Crippen LogP contribution in [0.2, 0.25) is 5.02 Å². The Bertz CT molecular complexity index is 868. The number of esters is 1. The maximum absolute atomic E-state index is 12.4. The predicted octanol–water partition coefficient (Wildman–Crippen LogP) is 3.01. The molecule has 3 rings (SSSR count). The van der Waals surface area contributed by atoms with Crippen molar-refractivity contribution >= 4 is 23.3 Å². The molecule has 0 saturated carbocycles. The minimum absolute atomic E-state index is 0.131. The Hall–Kier alpha value is -2.77. The average molecular weight is 325 g/mol. The molecule has 0 aromatic heterocycles. The van der Waals surface area contributed by atoms with Gasteiger partial charge in [0.25, 0.3) is 0 Å². The van der Waals surface area contributed by atoms with Crippen LogP contribution < -0.4 is 5.73 Å². The van der Waals surface area contributed by atoms with Gasteiger partial charge in [-0.15, -0.1) is 0 Å². The van der Waals surface area contributed by atoms with Crippen LogP contribution in [0.1, 0.15) is 16.7 Å². The fraction of sp³-hybridized carbons (Fsp3) is 0.111. The summed E-state index contributed by atoms with van der Waals surface area (Å²) in [5.41, 5.74) is 7.12. The van der Waals surface area contributed by atoms with E-state index in [0.717, 1.165) is 0 Å². The minimum Gasteiger partial charge on any atom is -0.466 e. The van der Waals surface area contributed by atoms with Crippen LogP contribution in [0.3, 0.4) is 0 Å². The lowest BCUT2D eigenvalue weighted by Gasteiger charge is -2.25. The van der Waals surface area contributed by atoms with Crippen LogP contribution in [0.25, 0.3) is 5.70 Å². The van der Waals surface area contributed by atoms with E-state index in [4.69, 9.17) is 22.1 Å². The zero-order chi connectivity index (χ0) is 16.6. The molecule has 2 N–H and O–H groups in total. The summed E-state index contributed by atoms with van der Waals surface area (Å²) in [4.78, 5) is 12.4. The quantitative estimate of drug-likeness (QED) is 0.861. The lowest BCUT2D eigenvalue weighted by Crippen LogP contribution is -2.31. The Kier molecular flexibility index (Phi) is 3.59. The van der Waals surface area contributed by atoms with Gasteiger partial charge in [0.2, 0.25) is 0 Å². The fourth-order valence-corrected chi connectivity index (χ4v) is 3.24. The highest BCUT2D eigenvalue weighted by atomic mass is 35.5. The van der Waals surface area contributed by atoms with Crippen molar-refractivity contribution in [3.05, 3.63) is 75.8 Å². The van der Waals surface area contributed by atoms with Crippen LogP contribution in [0, 0.1) is 11.3 Å². The highest BCUT2D eigenvalue weighted by molar-refractivity contribution is 6.31. The summed E-state index contributed by atoms with van der Waals surface area (Å²) in [5.74, 6) is -0.625. The lowest BCUT2D eigenvalue weighted by molar-refractivity contribution is -0.136. The van der Waals surface area contributed by atoms with Gasteiger partial charge in [-0.3, -0.25) is 0 Å². The Labute approximate surface area is 138 Å². The number of halogens is 1. The van der Waals surface area contributed by atoms with Crippen molar-refractivity contribution in [2.45, 2.75) is 5.41 Å². The molecule has 0 amide bonds. The molecule has 0 radical (unpaired) electrons. The largest absolute Gasteiger partial charge is 0.466 e. The van der Waals surface area contributed by atoms with Gasteiger partial charge in [0, 0.05) is 10.6 Å². The van der Waals surface area contributed by atoms with E-state index in [0.29, 0.717) is 21.7 Å². The normalized spacial score (nSPS) is 19.2. The third kappa shape index (κ3) is 2.01. The van der Waals surface area contributed by atoms with Gasteiger partial charge in [0.15, 0.2) is 0 Å². The number of benzene rings is 2. The van der Waals surface area contributed by atoms with Gasteiger partial charge in [-0.1, -0.05) is 48.0 Å². The summed E-state index contributed by atoms with van der Waals surface area (Å²) < 4.78 is 4.88. The van der Waals surface area contributed by atoms with E-state index in [9.17, 15) is 10.1 Å². The molecule has 1 aliphatic carbocycles. The number of nitriles is 1. The van der Waals surface area contributed by atoms with Crippen molar-refractivity contribution in [1.82, 2.24) is 0 Å². The molecule has 2 aromatic rings. The maximum atomic E-state index is 12.4. The molecule has 0 aliphatic heterocycles. The second-order valence-corrected chi connectivity index (χ2v) is 5.63. The van der Waals surface area contributed by atoms with Crippen molar-refractivity contribution in [2.24, 2.45) is 5.73 Å². The summed E-state index contributed by atoms with van der Waals surface area (Å²) in [7, 11) is 1.27. The average Bonchev–Trinajstić information content (AvgIpc) is 2.84. The van der Waals surface area contributed by atoms with E-state index >= 15 is 0 Å². The van der Waals surface area contributed by atoms with Crippen LogP contribution >= 0.6 is 11.6 Å². The molecule has 5 heteroatoms. The van der Waals surface area contributed by atoms with Gasteiger partial charge in [0.1, 0.15) is 5.41 Å². The smallest absolute Gasteiger partial charge is 0.338 e.